The second kappa shape index (κ2) is 6.13. The molecule has 7 heteroatoms. The highest BCUT2D eigenvalue weighted by Crippen LogP contribution is 2.28. The number of halogens is 2. The van der Waals surface area contributed by atoms with Gasteiger partial charge in [-0.25, -0.2) is 12.8 Å². The van der Waals surface area contributed by atoms with Crippen molar-refractivity contribution in [3.05, 3.63) is 57.8 Å². The van der Waals surface area contributed by atoms with E-state index in [-0.39, 0.29) is 6.61 Å². The zero-order valence-corrected chi connectivity index (χ0v) is 13.5. The van der Waals surface area contributed by atoms with Gasteiger partial charge in [0.2, 0.25) is 0 Å². The zero-order chi connectivity index (χ0) is 15.6. The van der Waals surface area contributed by atoms with Gasteiger partial charge >= 0.3 is 0 Å². The number of hydrogen-bond acceptors (Lipinski definition) is 3. The minimum Gasteiger partial charge on any atom is -0.392 e. The second-order valence-corrected chi connectivity index (χ2v) is 6.91. The Morgan fingerprint density at radius 3 is 2.62 bits per heavy atom. The van der Waals surface area contributed by atoms with Crippen LogP contribution in [0.3, 0.4) is 0 Å². The molecule has 112 valence electrons. The fourth-order valence-electron chi connectivity index (χ4n) is 1.79. The number of rotatable bonds is 4. The third-order valence-electron chi connectivity index (χ3n) is 2.90. The largest absolute Gasteiger partial charge is 0.392 e. The summed E-state index contributed by atoms with van der Waals surface area (Å²) in [4.78, 5) is -0.465. The minimum absolute atomic E-state index is 0.309. The lowest BCUT2D eigenvalue weighted by Crippen LogP contribution is -2.15. The molecule has 0 radical (unpaired) electrons. The van der Waals surface area contributed by atoms with Crippen molar-refractivity contribution in [2.45, 2.75) is 18.4 Å². The van der Waals surface area contributed by atoms with Crippen molar-refractivity contribution in [3.8, 4) is 0 Å². The van der Waals surface area contributed by atoms with E-state index >= 15 is 0 Å². The molecule has 0 aliphatic heterocycles. The van der Waals surface area contributed by atoms with E-state index < -0.39 is 20.7 Å². The molecule has 21 heavy (non-hydrogen) atoms. The lowest BCUT2D eigenvalue weighted by atomic mass is 10.2. The lowest BCUT2D eigenvalue weighted by molar-refractivity contribution is 0.281. The van der Waals surface area contributed by atoms with Crippen LogP contribution in [0.4, 0.5) is 10.1 Å². The quantitative estimate of drug-likeness (QED) is 0.864. The van der Waals surface area contributed by atoms with Gasteiger partial charge in [-0.1, -0.05) is 18.2 Å². The summed E-state index contributed by atoms with van der Waals surface area (Å²) in [5.74, 6) is -0.905. The number of nitrogens with one attached hydrogen (secondary N) is 1. The highest BCUT2D eigenvalue weighted by molar-refractivity contribution is 9.10. The second-order valence-electron chi connectivity index (χ2n) is 4.46. The molecule has 0 aromatic heterocycles. The molecule has 0 unspecified atom stereocenters. The summed E-state index contributed by atoms with van der Waals surface area (Å²) in [5, 5.41) is 8.92. The number of aliphatic hydroxyl groups excluding tert-OH is 1. The maximum atomic E-state index is 13.9. The molecule has 0 atom stereocenters. The maximum Gasteiger partial charge on any atom is 0.264 e. The molecule has 0 fully saturated rings. The molecule has 2 aromatic rings. The monoisotopic (exact) mass is 373 g/mol. The lowest BCUT2D eigenvalue weighted by Gasteiger charge is -2.12. The maximum absolute atomic E-state index is 13.9. The fraction of sp³-hybridized carbons (Fsp3) is 0.143. The molecule has 2 N–H and O–H groups in total. The number of sulfonamides is 1. The summed E-state index contributed by atoms with van der Waals surface area (Å²) in [6.07, 6.45) is 0. The summed E-state index contributed by atoms with van der Waals surface area (Å²) in [6, 6.07) is 8.59. The number of aliphatic hydroxyl groups is 1. The van der Waals surface area contributed by atoms with Gasteiger partial charge in [0.05, 0.1) is 12.3 Å². The van der Waals surface area contributed by atoms with Crippen LogP contribution in [-0.4, -0.2) is 13.5 Å². The molecule has 4 nitrogen and oxygen atoms in total. The van der Waals surface area contributed by atoms with Gasteiger partial charge < -0.3 is 5.11 Å². The smallest absolute Gasteiger partial charge is 0.264 e. The van der Waals surface area contributed by atoms with Gasteiger partial charge in [-0.3, -0.25) is 4.72 Å². The van der Waals surface area contributed by atoms with Crippen molar-refractivity contribution in [1.29, 1.82) is 0 Å². The Balaban J connectivity index is 2.41. The number of anilines is 1. The standard InChI is InChI=1S/C14H13BrFNO3S/c1-9-3-2-4-12(14(9)15)17-21(19,20)13-6-5-10(8-18)7-11(13)16/h2-7,17-18H,8H2,1H3. The number of aryl methyl sites for hydroxylation is 1. The molecule has 0 heterocycles. The van der Waals surface area contributed by atoms with Gasteiger partial charge in [-0.2, -0.15) is 0 Å². The normalized spacial score (nSPS) is 11.4. The molecule has 0 spiro atoms. The van der Waals surface area contributed by atoms with Gasteiger partial charge in [0.15, 0.2) is 0 Å². The van der Waals surface area contributed by atoms with E-state index in [4.69, 9.17) is 5.11 Å². The van der Waals surface area contributed by atoms with E-state index in [0.29, 0.717) is 15.7 Å². The van der Waals surface area contributed by atoms with E-state index in [2.05, 4.69) is 20.7 Å². The zero-order valence-electron chi connectivity index (χ0n) is 11.1. The first kappa shape index (κ1) is 15.9. The average molecular weight is 374 g/mol. The fourth-order valence-corrected chi connectivity index (χ4v) is 3.41. The van der Waals surface area contributed by atoms with Crippen molar-refractivity contribution in [3.63, 3.8) is 0 Å². The molecular formula is C14H13BrFNO3S. The molecule has 0 saturated heterocycles. The van der Waals surface area contributed by atoms with Crippen LogP contribution >= 0.6 is 15.9 Å². The summed E-state index contributed by atoms with van der Waals surface area (Å²) >= 11 is 3.29. The molecule has 0 amide bonds. The first-order chi connectivity index (χ1) is 9.85. The van der Waals surface area contributed by atoms with Crippen LogP contribution in [0.25, 0.3) is 0 Å². The summed E-state index contributed by atoms with van der Waals surface area (Å²) in [6.45, 7) is 1.46. The Kier molecular flexibility index (Phi) is 4.65. The van der Waals surface area contributed by atoms with Gasteiger partial charge in [-0.15, -0.1) is 0 Å². The van der Waals surface area contributed by atoms with Crippen molar-refractivity contribution < 1.29 is 17.9 Å². The van der Waals surface area contributed by atoms with E-state index in [1.165, 1.54) is 6.07 Å². The van der Waals surface area contributed by atoms with E-state index in [1.807, 2.05) is 13.0 Å². The van der Waals surface area contributed by atoms with Crippen molar-refractivity contribution >= 4 is 31.6 Å². The summed E-state index contributed by atoms with van der Waals surface area (Å²) in [7, 11) is -4.04. The van der Waals surface area contributed by atoms with Crippen LogP contribution in [-0.2, 0) is 16.6 Å². The first-order valence-electron chi connectivity index (χ1n) is 6.02. The van der Waals surface area contributed by atoms with E-state index in [1.54, 1.807) is 12.1 Å². The van der Waals surface area contributed by atoms with Crippen molar-refractivity contribution in [2.24, 2.45) is 0 Å². The Labute approximate surface area is 130 Å². The molecule has 2 aromatic carbocycles. The molecular weight excluding hydrogens is 361 g/mol. The van der Waals surface area contributed by atoms with Gasteiger partial charge in [0, 0.05) is 4.47 Å². The Bertz CT molecular complexity index is 778. The molecule has 0 bridgehead atoms. The minimum atomic E-state index is -4.04. The van der Waals surface area contributed by atoms with Crippen LogP contribution < -0.4 is 4.72 Å². The molecule has 0 aliphatic carbocycles. The topological polar surface area (TPSA) is 66.4 Å². The van der Waals surface area contributed by atoms with E-state index in [9.17, 15) is 12.8 Å². The number of hydrogen-bond donors (Lipinski definition) is 2. The summed E-state index contributed by atoms with van der Waals surface area (Å²) < 4.78 is 41.3. The Morgan fingerprint density at radius 1 is 1.29 bits per heavy atom. The highest BCUT2D eigenvalue weighted by atomic mass is 79.9. The van der Waals surface area contributed by atoms with Crippen molar-refractivity contribution in [2.75, 3.05) is 4.72 Å². The van der Waals surface area contributed by atoms with Gasteiger partial charge in [0.25, 0.3) is 10.0 Å². The van der Waals surface area contributed by atoms with Gasteiger partial charge in [0.1, 0.15) is 10.7 Å². The van der Waals surface area contributed by atoms with Crippen LogP contribution in [0.15, 0.2) is 45.8 Å². The predicted octanol–water partition coefficient (Wildman–Crippen LogP) is 3.19. The molecule has 0 aliphatic rings. The molecule has 0 saturated carbocycles. The Hall–Kier alpha value is -1.44. The summed E-state index contributed by atoms with van der Waals surface area (Å²) in [5.41, 5.74) is 1.50. The predicted molar refractivity (Wildman–Crippen MR) is 82.0 cm³/mol. The Morgan fingerprint density at radius 2 is 2.00 bits per heavy atom. The van der Waals surface area contributed by atoms with Gasteiger partial charge in [-0.05, 0) is 52.2 Å². The molecule has 2 rings (SSSR count). The third kappa shape index (κ3) is 3.42. The van der Waals surface area contributed by atoms with Crippen LogP contribution in [0.2, 0.25) is 0 Å². The van der Waals surface area contributed by atoms with Crippen LogP contribution in [0.1, 0.15) is 11.1 Å². The van der Waals surface area contributed by atoms with E-state index in [0.717, 1.165) is 17.7 Å². The van der Waals surface area contributed by atoms with Crippen molar-refractivity contribution in [1.82, 2.24) is 0 Å². The SMILES string of the molecule is Cc1cccc(NS(=O)(=O)c2ccc(CO)cc2F)c1Br. The average Bonchev–Trinajstić information content (AvgIpc) is 2.43. The van der Waals surface area contributed by atoms with Crippen LogP contribution in [0, 0.1) is 12.7 Å². The first-order valence-corrected chi connectivity index (χ1v) is 8.30. The van der Waals surface area contributed by atoms with Crippen LogP contribution in [0.5, 0.6) is 0 Å². The third-order valence-corrected chi connectivity index (χ3v) is 5.36. The number of benzene rings is 2. The highest BCUT2D eigenvalue weighted by Gasteiger charge is 2.20.